The monoisotopic (exact) mass is 317 g/mol. The Hall–Kier alpha value is -1.40. The fraction of sp³-hybridized carbons (Fsp3) is 0.333. The Morgan fingerprint density at radius 1 is 1.05 bits per heavy atom. The van der Waals surface area contributed by atoms with Crippen molar-refractivity contribution in [1.29, 1.82) is 0 Å². The third-order valence-electron chi connectivity index (χ3n) is 3.19. The molecule has 1 nitrogen and oxygen atoms in total. The minimum atomic E-state index is -1.39. The average molecular weight is 317 g/mol. The van der Waals surface area contributed by atoms with E-state index in [9.17, 15) is 17.6 Å². The normalized spacial score (nSPS) is 12.7. The van der Waals surface area contributed by atoms with Crippen LogP contribution >= 0.6 is 11.3 Å². The molecule has 0 bridgehead atoms. The van der Waals surface area contributed by atoms with Gasteiger partial charge in [-0.25, -0.2) is 17.6 Å². The molecule has 1 aromatic heterocycles. The zero-order valence-corrected chi connectivity index (χ0v) is 12.5. The second kappa shape index (κ2) is 6.58. The van der Waals surface area contributed by atoms with Crippen molar-refractivity contribution >= 4 is 11.3 Å². The van der Waals surface area contributed by atoms with Gasteiger partial charge in [-0.1, -0.05) is 13.8 Å². The Morgan fingerprint density at radius 2 is 1.67 bits per heavy atom. The zero-order valence-electron chi connectivity index (χ0n) is 11.6. The molecule has 1 unspecified atom stereocenters. The second-order valence-corrected chi connectivity index (χ2v) is 5.68. The van der Waals surface area contributed by atoms with Gasteiger partial charge in [-0.15, -0.1) is 11.3 Å². The molecule has 0 amide bonds. The molecule has 2 rings (SSSR count). The summed E-state index contributed by atoms with van der Waals surface area (Å²) in [7, 11) is 0. The summed E-state index contributed by atoms with van der Waals surface area (Å²) < 4.78 is 54.1. The van der Waals surface area contributed by atoms with Crippen LogP contribution in [-0.2, 0) is 0 Å². The zero-order chi connectivity index (χ0) is 15.6. The van der Waals surface area contributed by atoms with Crippen LogP contribution in [0.15, 0.2) is 18.2 Å². The first-order chi connectivity index (χ1) is 9.99. The number of hydrogen-bond acceptors (Lipinski definition) is 2. The summed E-state index contributed by atoms with van der Waals surface area (Å²) in [5.41, 5.74) is -0.643. The average Bonchev–Trinajstić information content (AvgIpc) is 2.92. The van der Waals surface area contributed by atoms with Crippen molar-refractivity contribution in [3.8, 4) is 10.4 Å². The summed E-state index contributed by atoms with van der Waals surface area (Å²) in [6.07, 6.45) is 0.802. The van der Waals surface area contributed by atoms with Crippen molar-refractivity contribution in [2.24, 2.45) is 0 Å². The van der Waals surface area contributed by atoms with Gasteiger partial charge >= 0.3 is 0 Å². The molecular weight excluding hydrogens is 302 g/mol. The maximum absolute atomic E-state index is 13.8. The molecule has 1 atom stereocenters. The van der Waals surface area contributed by atoms with Gasteiger partial charge < -0.3 is 5.32 Å². The van der Waals surface area contributed by atoms with E-state index in [1.54, 1.807) is 6.07 Å². The van der Waals surface area contributed by atoms with E-state index in [4.69, 9.17) is 0 Å². The third-order valence-corrected chi connectivity index (χ3v) is 4.40. The first-order valence-electron chi connectivity index (χ1n) is 6.66. The highest BCUT2D eigenvalue weighted by Crippen LogP contribution is 2.36. The summed E-state index contributed by atoms with van der Waals surface area (Å²) in [6, 6.07) is 3.48. The Balaban J connectivity index is 2.47. The minimum absolute atomic E-state index is 0.0540. The molecule has 0 aliphatic rings. The number of nitrogens with one attached hydrogen (secondary N) is 1. The molecule has 0 aliphatic heterocycles. The molecule has 114 valence electrons. The van der Waals surface area contributed by atoms with E-state index in [1.807, 2.05) is 13.8 Å². The number of benzene rings is 1. The van der Waals surface area contributed by atoms with Crippen LogP contribution in [0, 0.1) is 23.3 Å². The molecule has 0 saturated heterocycles. The van der Waals surface area contributed by atoms with Crippen molar-refractivity contribution in [1.82, 2.24) is 5.32 Å². The number of halogens is 4. The molecule has 2 aromatic rings. The quantitative estimate of drug-likeness (QED) is 0.602. The Labute approximate surface area is 124 Å². The van der Waals surface area contributed by atoms with Crippen LogP contribution in [-0.4, -0.2) is 6.54 Å². The highest BCUT2D eigenvalue weighted by molar-refractivity contribution is 7.15. The largest absolute Gasteiger partial charge is 0.310 e. The number of thiophene rings is 1. The van der Waals surface area contributed by atoms with E-state index in [0.717, 1.165) is 29.2 Å². The topological polar surface area (TPSA) is 12.0 Å². The van der Waals surface area contributed by atoms with Crippen LogP contribution < -0.4 is 5.32 Å². The van der Waals surface area contributed by atoms with E-state index < -0.39 is 28.8 Å². The van der Waals surface area contributed by atoms with Crippen LogP contribution in [0.1, 0.15) is 31.2 Å². The lowest BCUT2D eigenvalue weighted by atomic mass is 10.1. The predicted molar refractivity (Wildman–Crippen MR) is 76.3 cm³/mol. The van der Waals surface area contributed by atoms with Gasteiger partial charge in [-0.3, -0.25) is 0 Å². The number of rotatable bonds is 5. The fourth-order valence-electron chi connectivity index (χ4n) is 2.16. The maximum atomic E-state index is 13.8. The summed E-state index contributed by atoms with van der Waals surface area (Å²) in [5.74, 6) is -5.51. The molecule has 1 N–H and O–H groups in total. The second-order valence-electron chi connectivity index (χ2n) is 4.56. The summed E-state index contributed by atoms with van der Waals surface area (Å²) in [4.78, 5) is 1.05. The van der Waals surface area contributed by atoms with E-state index in [1.165, 1.54) is 6.07 Å². The van der Waals surface area contributed by atoms with Gasteiger partial charge in [-0.05, 0) is 25.1 Å². The van der Waals surface area contributed by atoms with Gasteiger partial charge in [0.15, 0.2) is 23.3 Å². The SMILES string of the molecule is CCNC(CC)c1ccc(-c2c(F)c(F)cc(F)c2F)s1. The smallest absolute Gasteiger partial charge is 0.170 e. The van der Waals surface area contributed by atoms with Crippen molar-refractivity contribution in [3.05, 3.63) is 46.3 Å². The maximum Gasteiger partial charge on any atom is 0.170 e. The first kappa shape index (κ1) is 16.0. The van der Waals surface area contributed by atoms with Gasteiger partial charge in [-0.2, -0.15) is 0 Å². The molecular formula is C15H15F4NS. The first-order valence-corrected chi connectivity index (χ1v) is 7.47. The Morgan fingerprint density at radius 3 is 2.19 bits per heavy atom. The van der Waals surface area contributed by atoms with Crippen molar-refractivity contribution in [2.75, 3.05) is 6.54 Å². The van der Waals surface area contributed by atoms with Crippen LogP contribution in [0.3, 0.4) is 0 Å². The molecule has 0 aliphatic carbocycles. The Kier molecular flexibility index (Phi) is 5.00. The van der Waals surface area contributed by atoms with Crippen LogP contribution in [0.5, 0.6) is 0 Å². The van der Waals surface area contributed by atoms with Crippen molar-refractivity contribution in [2.45, 2.75) is 26.3 Å². The standard InChI is InChI=1S/C15H15F4NS/c1-3-10(20-4-2)11-5-6-12(21-11)13-14(18)8(16)7-9(17)15(13)19/h5-7,10,20H,3-4H2,1-2H3. The molecule has 1 aromatic carbocycles. The van der Waals surface area contributed by atoms with Crippen LogP contribution in [0.4, 0.5) is 17.6 Å². The summed E-state index contributed by atoms with van der Waals surface area (Å²) in [5, 5.41) is 3.24. The Bertz CT molecular complexity index is 613. The van der Waals surface area contributed by atoms with Gasteiger partial charge in [0, 0.05) is 21.9 Å². The lowest BCUT2D eigenvalue weighted by molar-refractivity contribution is 0.458. The van der Waals surface area contributed by atoms with Gasteiger partial charge in [0.1, 0.15) is 0 Å². The van der Waals surface area contributed by atoms with Crippen LogP contribution in [0.25, 0.3) is 10.4 Å². The van der Waals surface area contributed by atoms with E-state index in [-0.39, 0.29) is 17.0 Å². The lowest BCUT2D eigenvalue weighted by Gasteiger charge is -2.13. The van der Waals surface area contributed by atoms with Gasteiger partial charge in [0.05, 0.1) is 5.56 Å². The highest BCUT2D eigenvalue weighted by Gasteiger charge is 2.22. The molecule has 0 radical (unpaired) electrons. The van der Waals surface area contributed by atoms with Crippen molar-refractivity contribution < 1.29 is 17.6 Å². The molecule has 0 fully saturated rings. The van der Waals surface area contributed by atoms with E-state index >= 15 is 0 Å². The molecule has 1 heterocycles. The van der Waals surface area contributed by atoms with E-state index in [0.29, 0.717) is 0 Å². The van der Waals surface area contributed by atoms with Crippen molar-refractivity contribution in [3.63, 3.8) is 0 Å². The molecule has 21 heavy (non-hydrogen) atoms. The predicted octanol–water partition coefficient (Wildman–Crippen LogP) is 5.03. The molecule has 0 saturated carbocycles. The lowest BCUT2D eigenvalue weighted by Crippen LogP contribution is -2.18. The third kappa shape index (κ3) is 3.11. The minimum Gasteiger partial charge on any atom is -0.310 e. The highest BCUT2D eigenvalue weighted by atomic mass is 32.1. The fourth-order valence-corrected chi connectivity index (χ4v) is 3.36. The molecule has 0 spiro atoms. The van der Waals surface area contributed by atoms with E-state index in [2.05, 4.69) is 5.32 Å². The van der Waals surface area contributed by atoms with Crippen LogP contribution in [0.2, 0.25) is 0 Å². The molecule has 6 heteroatoms. The summed E-state index contributed by atoms with van der Waals surface area (Å²) >= 11 is 1.13. The summed E-state index contributed by atoms with van der Waals surface area (Å²) in [6.45, 7) is 4.69. The number of hydrogen-bond donors (Lipinski definition) is 1. The van der Waals surface area contributed by atoms with Gasteiger partial charge in [0.25, 0.3) is 0 Å². The van der Waals surface area contributed by atoms with Gasteiger partial charge in [0.2, 0.25) is 0 Å².